The molecular weight excluding hydrogens is 380 g/mol. The molecule has 1 unspecified atom stereocenters. The minimum absolute atomic E-state index is 0.0196. The van der Waals surface area contributed by atoms with Crippen LogP contribution in [0.15, 0.2) is 59.3 Å². The van der Waals surface area contributed by atoms with Crippen LogP contribution in [0, 0.1) is 53.3 Å². The molecule has 0 radical (unpaired) electrons. The largest absolute Gasteiger partial charge is 0.399 e. The van der Waals surface area contributed by atoms with Crippen LogP contribution in [-0.4, -0.2) is 0 Å². The molecule has 0 saturated carbocycles. The summed E-state index contributed by atoms with van der Waals surface area (Å²) in [6, 6.07) is 19.4. The molecule has 1 aliphatic carbocycles. The van der Waals surface area contributed by atoms with Crippen LogP contribution >= 0.6 is 11.6 Å². The van der Waals surface area contributed by atoms with Gasteiger partial charge in [-0.3, -0.25) is 0 Å². The lowest BCUT2D eigenvalue weighted by molar-refractivity contribution is 0.512. The van der Waals surface area contributed by atoms with Gasteiger partial charge in [0.15, 0.2) is 5.41 Å². The fraction of sp³-hybridized carbons (Fsp3) is 0.208. The van der Waals surface area contributed by atoms with Gasteiger partial charge in [-0.05, 0) is 55.2 Å². The summed E-state index contributed by atoms with van der Waals surface area (Å²) in [6.07, 6.45) is 0. The molecule has 0 aliphatic heterocycles. The molecule has 0 heterocycles. The fourth-order valence-corrected chi connectivity index (χ4v) is 4.19. The third-order valence-electron chi connectivity index (χ3n) is 5.65. The van der Waals surface area contributed by atoms with Crippen molar-refractivity contribution in [2.24, 2.45) is 11.1 Å². The van der Waals surface area contributed by atoms with Crippen LogP contribution in [0.25, 0.3) is 5.57 Å². The van der Waals surface area contributed by atoms with Crippen molar-refractivity contribution in [2.45, 2.75) is 26.7 Å². The fourth-order valence-electron chi connectivity index (χ4n) is 4.00. The third-order valence-corrected chi connectivity index (χ3v) is 5.88. The lowest BCUT2D eigenvalue weighted by atomic mass is 9.62. The van der Waals surface area contributed by atoms with E-state index in [0.717, 1.165) is 27.8 Å². The molecule has 5 heteroatoms. The maximum absolute atomic E-state index is 10.1. The summed E-state index contributed by atoms with van der Waals surface area (Å²) < 4.78 is 0. The minimum atomic E-state index is -1.67. The van der Waals surface area contributed by atoms with Crippen molar-refractivity contribution in [3.8, 4) is 18.2 Å². The van der Waals surface area contributed by atoms with Crippen molar-refractivity contribution < 1.29 is 0 Å². The second kappa shape index (κ2) is 7.48. The predicted octanol–water partition coefficient (Wildman–Crippen LogP) is 5.30. The first-order chi connectivity index (χ1) is 13.8. The Morgan fingerprint density at radius 3 is 2.21 bits per heavy atom. The molecule has 1 atom stereocenters. The second-order valence-corrected chi connectivity index (χ2v) is 7.71. The molecule has 2 aromatic rings. The van der Waals surface area contributed by atoms with E-state index in [0.29, 0.717) is 10.6 Å². The number of nitrogens with two attached hydrogens (primary N) is 1. The summed E-state index contributed by atoms with van der Waals surface area (Å²) in [7, 11) is 0. The van der Waals surface area contributed by atoms with E-state index in [1.165, 1.54) is 0 Å². The summed E-state index contributed by atoms with van der Waals surface area (Å²) >= 11 is 6.18. The zero-order valence-corrected chi connectivity index (χ0v) is 17.2. The number of allylic oxidation sites excluding steroid dienone is 4. The Kier molecular flexibility index (Phi) is 5.21. The first kappa shape index (κ1) is 20.2. The Morgan fingerprint density at radius 1 is 0.966 bits per heavy atom. The number of rotatable bonds is 2. The second-order valence-electron chi connectivity index (χ2n) is 7.28. The topological polar surface area (TPSA) is 97.4 Å². The zero-order valence-electron chi connectivity index (χ0n) is 16.4. The number of nitrogens with zero attached hydrogens (tertiary/aromatic N) is 3. The predicted molar refractivity (Wildman–Crippen MR) is 113 cm³/mol. The molecule has 0 amide bonds. The molecule has 3 rings (SSSR count). The smallest absolute Gasteiger partial charge is 0.194 e. The van der Waals surface area contributed by atoms with Crippen molar-refractivity contribution >= 4 is 17.2 Å². The molecule has 2 N–H and O–H groups in total. The van der Waals surface area contributed by atoms with Gasteiger partial charge in [0.05, 0.1) is 23.4 Å². The van der Waals surface area contributed by atoms with Gasteiger partial charge in [0.2, 0.25) is 0 Å². The summed E-state index contributed by atoms with van der Waals surface area (Å²) in [5.74, 6) is -0.608. The Morgan fingerprint density at radius 2 is 1.66 bits per heavy atom. The minimum Gasteiger partial charge on any atom is -0.399 e. The third kappa shape index (κ3) is 3.07. The first-order valence-corrected chi connectivity index (χ1v) is 9.45. The Balaban J connectivity index is 2.42. The van der Waals surface area contributed by atoms with Crippen molar-refractivity contribution in [1.82, 2.24) is 0 Å². The van der Waals surface area contributed by atoms with Crippen LogP contribution in [0.1, 0.15) is 35.1 Å². The first-order valence-electron chi connectivity index (χ1n) is 9.07. The molecule has 0 fully saturated rings. The number of halogens is 1. The van der Waals surface area contributed by atoms with Crippen LogP contribution < -0.4 is 5.73 Å². The normalized spacial score (nSPS) is 18.0. The SMILES string of the molecule is CC1=C(c2cccc(Cl)c2)C(C#N)=C(N)C(C#N)(C#N)C1c1ccc(C)c(C)c1. The molecule has 4 nitrogen and oxygen atoms in total. The number of benzene rings is 2. The Bertz CT molecular complexity index is 1180. The van der Waals surface area contributed by atoms with Gasteiger partial charge in [-0.15, -0.1) is 0 Å². The monoisotopic (exact) mass is 398 g/mol. The Labute approximate surface area is 175 Å². The molecule has 29 heavy (non-hydrogen) atoms. The van der Waals surface area contributed by atoms with E-state index in [9.17, 15) is 15.8 Å². The van der Waals surface area contributed by atoms with E-state index in [-0.39, 0.29) is 11.3 Å². The highest BCUT2D eigenvalue weighted by molar-refractivity contribution is 6.30. The lowest BCUT2D eigenvalue weighted by Gasteiger charge is -2.37. The van der Waals surface area contributed by atoms with Crippen molar-refractivity contribution in [1.29, 1.82) is 15.8 Å². The summed E-state index contributed by atoms with van der Waals surface area (Å²) in [6.45, 7) is 5.84. The van der Waals surface area contributed by atoms with E-state index in [1.54, 1.807) is 18.2 Å². The number of aryl methyl sites for hydroxylation is 2. The highest BCUT2D eigenvalue weighted by Gasteiger charge is 2.50. The summed E-state index contributed by atoms with van der Waals surface area (Å²) in [5, 5.41) is 30.5. The number of hydrogen-bond donors (Lipinski definition) is 1. The van der Waals surface area contributed by atoms with Gasteiger partial charge in [-0.1, -0.05) is 47.5 Å². The maximum atomic E-state index is 10.1. The van der Waals surface area contributed by atoms with E-state index >= 15 is 0 Å². The van der Waals surface area contributed by atoms with Gasteiger partial charge >= 0.3 is 0 Å². The molecule has 2 aromatic carbocycles. The van der Waals surface area contributed by atoms with Crippen LogP contribution in [-0.2, 0) is 0 Å². The lowest BCUT2D eigenvalue weighted by Crippen LogP contribution is -2.37. The average Bonchev–Trinajstić information content (AvgIpc) is 2.71. The summed E-state index contributed by atoms with van der Waals surface area (Å²) in [5.41, 5.74) is 9.89. The van der Waals surface area contributed by atoms with Gasteiger partial charge < -0.3 is 5.73 Å². The zero-order chi connectivity index (χ0) is 21.3. The maximum Gasteiger partial charge on any atom is 0.194 e. The molecule has 0 spiro atoms. The highest BCUT2D eigenvalue weighted by Crippen LogP contribution is 2.53. The van der Waals surface area contributed by atoms with Crippen molar-refractivity contribution in [3.63, 3.8) is 0 Å². The number of hydrogen-bond acceptors (Lipinski definition) is 4. The van der Waals surface area contributed by atoms with Crippen LogP contribution in [0.2, 0.25) is 5.02 Å². The van der Waals surface area contributed by atoms with Crippen LogP contribution in [0.4, 0.5) is 0 Å². The molecule has 0 bridgehead atoms. The van der Waals surface area contributed by atoms with E-state index in [4.69, 9.17) is 17.3 Å². The van der Waals surface area contributed by atoms with Crippen LogP contribution in [0.3, 0.4) is 0 Å². The summed E-state index contributed by atoms with van der Waals surface area (Å²) in [4.78, 5) is 0. The van der Waals surface area contributed by atoms with Crippen molar-refractivity contribution in [2.75, 3.05) is 0 Å². The van der Waals surface area contributed by atoms with Gasteiger partial charge in [-0.25, -0.2) is 0 Å². The molecule has 0 aromatic heterocycles. The van der Waals surface area contributed by atoms with E-state index in [1.807, 2.05) is 45.0 Å². The van der Waals surface area contributed by atoms with E-state index in [2.05, 4.69) is 18.2 Å². The molecular formula is C24H19ClN4. The van der Waals surface area contributed by atoms with Gasteiger partial charge in [0.1, 0.15) is 6.07 Å². The van der Waals surface area contributed by atoms with Crippen molar-refractivity contribution in [3.05, 3.63) is 86.6 Å². The molecule has 1 aliphatic rings. The Hall–Kier alpha value is -3.52. The van der Waals surface area contributed by atoms with Crippen LogP contribution in [0.5, 0.6) is 0 Å². The van der Waals surface area contributed by atoms with Gasteiger partial charge in [0.25, 0.3) is 0 Å². The standard InChI is InChI=1S/C24H19ClN4/c1-14-7-8-18(9-15(14)2)22-16(3)21(17-5-4-6-19(25)10-17)20(11-26)23(29)24(22,12-27)13-28/h4-10,22H,29H2,1-3H3. The quantitative estimate of drug-likeness (QED) is 0.742. The average molecular weight is 399 g/mol. The highest BCUT2D eigenvalue weighted by atomic mass is 35.5. The molecule has 0 saturated heterocycles. The van der Waals surface area contributed by atoms with E-state index < -0.39 is 11.3 Å². The number of nitriles is 3. The molecule has 142 valence electrons. The van der Waals surface area contributed by atoms with Gasteiger partial charge in [0, 0.05) is 16.5 Å². The van der Waals surface area contributed by atoms with Gasteiger partial charge in [-0.2, -0.15) is 15.8 Å².